The summed E-state index contributed by atoms with van der Waals surface area (Å²) in [7, 11) is 0. The van der Waals surface area contributed by atoms with E-state index in [1.807, 2.05) is 48.5 Å². The lowest BCUT2D eigenvalue weighted by molar-refractivity contribution is 0.0714. The summed E-state index contributed by atoms with van der Waals surface area (Å²) in [6.07, 6.45) is 1.50. The molecule has 0 aliphatic carbocycles. The second-order valence-corrected chi connectivity index (χ2v) is 9.21. The highest BCUT2D eigenvalue weighted by Crippen LogP contribution is 2.30. The van der Waals surface area contributed by atoms with Crippen LogP contribution in [-0.2, 0) is 0 Å². The molecule has 1 aliphatic heterocycles. The number of hydrogen-bond donors (Lipinski definition) is 2. The minimum Gasteiger partial charge on any atom is -0.459 e. The Kier molecular flexibility index (Phi) is 6.88. The summed E-state index contributed by atoms with van der Waals surface area (Å²) in [5.41, 5.74) is 2.06. The molecule has 36 heavy (non-hydrogen) atoms. The van der Waals surface area contributed by atoms with Crippen molar-refractivity contribution in [1.29, 1.82) is 0 Å². The lowest BCUT2D eigenvalue weighted by Gasteiger charge is -2.36. The molecular formula is C27H23ClN4O3S. The second-order valence-electron chi connectivity index (χ2n) is 8.39. The SMILES string of the molecule is O=C(NC(=S)Nc1ccc(N2CCN(C(=O)c3ccco3)CC2)c(Cl)c1)c1ccc2ccccc2c1. The van der Waals surface area contributed by atoms with E-state index in [4.69, 9.17) is 28.2 Å². The van der Waals surface area contributed by atoms with Crippen LogP contribution in [0.15, 0.2) is 83.5 Å². The van der Waals surface area contributed by atoms with E-state index in [0.29, 0.717) is 48.2 Å². The molecule has 2 N–H and O–H groups in total. The molecule has 182 valence electrons. The van der Waals surface area contributed by atoms with Gasteiger partial charge in [0.2, 0.25) is 0 Å². The molecule has 1 fully saturated rings. The van der Waals surface area contributed by atoms with Crippen molar-refractivity contribution in [3.63, 3.8) is 0 Å². The first-order chi connectivity index (χ1) is 17.5. The molecule has 0 spiro atoms. The molecule has 0 radical (unpaired) electrons. The number of anilines is 2. The minimum atomic E-state index is -0.289. The van der Waals surface area contributed by atoms with Crippen LogP contribution in [0.2, 0.25) is 5.02 Å². The quantitative estimate of drug-likeness (QED) is 0.363. The fourth-order valence-electron chi connectivity index (χ4n) is 4.22. The third-order valence-corrected chi connectivity index (χ3v) is 6.59. The highest BCUT2D eigenvalue weighted by Gasteiger charge is 2.24. The Bertz CT molecular complexity index is 1430. The number of carbonyl (C=O) groups excluding carboxylic acids is 2. The summed E-state index contributed by atoms with van der Waals surface area (Å²) in [6, 6.07) is 22.3. The number of benzene rings is 3. The molecule has 0 unspecified atom stereocenters. The Morgan fingerprint density at radius 1 is 0.889 bits per heavy atom. The number of halogens is 1. The second kappa shape index (κ2) is 10.4. The van der Waals surface area contributed by atoms with Crippen LogP contribution >= 0.6 is 23.8 Å². The smallest absolute Gasteiger partial charge is 0.289 e. The van der Waals surface area contributed by atoms with E-state index in [1.54, 1.807) is 29.2 Å². The zero-order chi connectivity index (χ0) is 25.1. The normalized spacial score (nSPS) is 13.5. The van der Waals surface area contributed by atoms with Crippen LogP contribution in [0.25, 0.3) is 10.8 Å². The van der Waals surface area contributed by atoms with Gasteiger partial charge in [-0.1, -0.05) is 41.9 Å². The molecule has 3 aromatic carbocycles. The van der Waals surface area contributed by atoms with E-state index in [2.05, 4.69) is 15.5 Å². The number of hydrogen-bond acceptors (Lipinski definition) is 5. The van der Waals surface area contributed by atoms with E-state index in [-0.39, 0.29) is 16.9 Å². The minimum absolute atomic E-state index is 0.107. The highest BCUT2D eigenvalue weighted by atomic mass is 35.5. The number of carbonyl (C=O) groups is 2. The maximum Gasteiger partial charge on any atom is 0.289 e. The summed E-state index contributed by atoms with van der Waals surface area (Å²) in [5, 5.41) is 8.52. The summed E-state index contributed by atoms with van der Waals surface area (Å²) in [5.74, 6) is -0.0481. The van der Waals surface area contributed by atoms with Crippen LogP contribution in [0.4, 0.5) is 11.4 Å². The number of fused-ring (bicyclic) bond motifs is 1. The average Bonchev–Trinajstić information content (AvgIpc) is 3.43. The van der Waals surface area contributed by atoms with Gasteiger partial charge in [-0.05, 0) is 65.5 Å². The number of nitrogens with one attached hydrogen (secondary N) is 2. The van der Waals surface area contributed by atoms with E-state index >= 15 is 0 Å². The Hall–Kier alpha value is -3.88. The van der Waals surface area contributed by atoms with Crippen LogP contribution in [0, 0.1) is 0 Å². The van der Waals surface area contributed by atoms with Gasteiger partial charge in [0, 0.05) is 37.4 Å². The first-order valence-electron chi connectivity index (χ1n) is 11.5. The van der Waals surface area contributed by atoms with Crippen LogP contribution in [-0.4, -0.2) is 48.0 Å². The van der Waals surface area contributed by atoms with Crippen LogP contribution < -0.4 is 15.5 Å². The zero-order valence-corrected chi connectivity index (χ0v) is 20.8. The fraction of sp³-hybridized carbons (Fsp3) is 0.148. The summed E-state index contributed by atoms with van der Waals surface area (Å²) in [6.45, 7) is 2.44. The Morgan fingerprint density at radius 2 is 1.67 bits per heavy atom. The van der Waals surface area contributed by atoms with Gasteiger partial charge in [0.25, 0.3) is 11.8 Å². The molecular weight excluding hydrogens is 496 g/mol. The topological polar surface area (TPSA) is 77.8 Å². The first-order valence-corrected chi connectivity index (χ1v) is 12.2. The Labute approximate surface area is 218 Å². The van der Waals surface area contributed by atoms with Crippen LogP contribution in [0.1, 0.15) is 20.9 Å². The van der Waals surface area contributed by atoms with Crippen molar-refractivity contribution in [1.82, 2.24) is 10.2 Å². The van der Waals surface area contributed by atoms with Crippen LogP contribution in [0.5, 0.6) is 0 Å². The standard InChI is InChI=1S/C27H23ClN4O3S/c28-22-17-21(29-27(36)30-25(33)20-8-7-18-4-1-2-5-19(18)16-20)9-10-23(22)31-11-13-32(14-12-31)26(34)24-6-3-15-35-24/h1-10,15-17H,11-14H2,(H2,29,30,33,36). The summed E-state index contributed by atoms with van der Waals surface area (Å²) in [4.78, 5) is 29.1. The van der Waals surface area contributed by atoms with Gasteiger partial charge in [-0.15, -0.1) is 0 Å². The van der Waals surface area contributed by atoms with Gasteiger partial charge in [-0.3, -0.25) is 14.9 Å². The monoisotopic (exact) mass is 518 g/mol. The van der Waals surface area contributed by atoms with Crippen molar-refractivity contribution in [3.05, 3.63) is 95.4 Å². The van der Waals surface area contributed by atoms with Gasteiger partial charge in [-0.2, -0.15) is 0 Å². The lowest BCUT2D eigenvalue weighted by atomic mass is 10.1. The van der Waals surface area contributed by atoms with Crippen molar-refractivity contribution in [2.24, 2.45) is 0 Å². The van der Waals surface area contributed by atoms with Gasteiger partial charge < -0.3 is 19.5 Å². The molecule has 7 nitrogen and oxygen atoms in total. The fourth-order valence-corrected chi connectivity index (χ4v) is 4.73. The molecule has 1 saturated heterocycles. The number of furan rings is 1. The predicted molar refractivity (Wildman–Crippen MR) is 146 cm³/mol. The van der Waals surface area contributed by atoms with Gasteiger partial charge in [-0.25, -0.2) is 0 Å². The lowest BCUT2D eigenvalue weighted by Crippen LogP contribution is -2.48. The van der Waals surface area contributed by atoms with E-state index in [0.717, 1.165) is 16.5 Å². The number of amides is 2. The number of nitrogens with zero attached hydrogens (tertiary/aromatic N) is 2. The van der Waals surface area contributed by atoms with Gasteiger partial charge in [0.1, 0.15) is 0 Å². The van der Waals surface area contributed by atoms with Gasteiger partial charge in [0.15, 0.2) is 10.9 Å². The average molecular weight is 519 g/mol. The first kappa shape index (κ1) is 23.8. The van der Waals surface area contributed by atoms with Gasteiger partial charge >= 0.3 is 0 Å². The van der Waals surface area contributed by atoms with Crippen molar-refractivity contribution in [3.8, 4) is 0 Å². The van der Waals surface area contributed by atoms with Crippen molar-refractivity contribution in [2.45, 2.75) is 0 Å². The highest BCUT2D eigenvalue weighted by molar-refractivity contribution is 7.80. The van der Waals surface area contributed by atoms with Crippen LogP contribution in [0.3, 0.4) is 0 Å². The van der Waals surface area contributed by atoms with Gasteiger partial charge in [0.05, 0.1) is 17.0 Å². The Balaban J connectivity index is 1.17. The number of piperazine rings is 1. The maximum absolute atomic E-state index is 12.7. The number of rotatable bonds is 4. The van der Waals surface area contributed by atoms with Crippen molar-refractivity contribution in [2.75, 3.05) is 36.4 Å². The Morgan fingerprint density at radius 3 is 2.39 bits per heavy atom. The molecule has 2 amide bonds. The van der Waals surface area contributed by atoms with E-state index < -0.39 is 0 Å². The molecule has 5 rings (SSSR count). The number of thiocarbonyl (C=S) groups is 1. The summed E-state index contributed by atoms with van der Waals surface area (Å²) >= 11 is 11.9. The molecule has 0 saturated carbocycles. The molecule has 0 bridgehead atoms. The molecule has 1 aromatic heterocycles. The van der Waals surface area contributed by atoms with Crippen molar-refractivity contribution >= 4 is 62.9 Å². The largest absolute Gasteiger partial charge is 0.459 e. The third kappa shape index (κ3) is 5.19. The molecule has 4 aromatic rings. The third-order valence-electron chi connectivity index (χ3n) is 6.08. The maximum atomic E-state index is 12.7. The molecule has 0 atom stereocenters. The van der Waals surface area contributed by atoms with Crippen molar-refractivity contribution < 1.29 is 14.0 Å². The predicted octanol–water partition coefficient (Wildman–Crippen LogP) is 5.18. The molecule has 2 heterocycles. The van der Waals surface area contributed by atoms with E-state index in [9.17, 15) is 9.59 Å². The van der Waals surface area contributed by atoms with E-state index in [1.165, 1.54) is 6.26 Å². The molecule has 9 heteroatoms. The summed E-state index contributed by atoms with van der Waals surface area (Å²) < 4.78 is 5.22. The zero-order valence-electron chi connectivity index (χ0n) is 19.2. The molecule has 1 aliphatic rings.